The van der Waals surface area contributed by atoms with Gasteiger partial charge in [-0.05, 0) is 50.6 Å². The van der Waals surface area contributed by atoms with Crippen molar-refractivity contribution >= 4 is 17.4 Å². The van der Waals surface area contributed by atoms with Crippen LogP contribution < -0.4 is 9.47 Å². The highest BCUT2D eigenvalue weighted by atomic mass is 16.5. The fraction of sp³-hybridized carbons (Fsp3) is 0.429. The number of Topliss-reactive ketones (excluding diaryl/α,β-unsaturated/α-hetero) is 1. The Hall–Kier alpha value is -3.36. The van der Waals surface area contributed by atoms with Gasteiger partial charge in [0, 0.05) is 37.3 Å². The molecule has 2 aliphatic heterocycles. The first-order chi connectivity index (χ1) is 17.4. The van der Waals surface area contributed by atoms with Gasteiger partial charge >= 0.3 is 0 Å². The number of morpholine rings is 1. The minimum absolute atomic E-state index is 0.0118. The van der Waals surface area contributed by atoms with Crippen LogP contribution in [0.2, 0.25) is 0 Å². The number of methoxy groups -OCH3 is 1. The molecule has 2 aliphatic rings. The molecule has 2 aromatic rings. The van der Waals surface area contributed by atoms with Crippen LogP contribution in [0.5, 0.6) is 11.5 Å². The van der Waals surface area contributed by atoms with Gasteiger partial charge in [0.15, 0.2) is 0 Å². The third-order valence-corrected chi connectivity index (χ3v) is 6.45. The molecule has 0 saturated carbocycles. The van der Waals surface area contributed by atoms with Crippen molar-refractivity contribution in [2.45, 2.75) is 32.4 Å². The van der Waals surface area contributed by atoms with Crippen molar-refractivity contribution in [2.24, 2.45) is 0 Å². The Bertz CT molecular complexity index is 1110. The molecule has 0 radical (unpaired) electrons. The molecule has 8 nitrogen and oxygen atoms in total. The largest absolute Gasteiger partial charge is 0.507 e. The smallest absolute Gasteiger partial charge is 0.295 e. The molecule has 2 fully saturated rings. The number of likely N-dealkylation sites (tertiary alicyclic amines) is 1. The highest BCUT2D eigenvalue weighted by Gasteiger charge is 2.46. The zero-order chi connectivity index (χ0) is 25.7. The minimum Gasteiger partial charge on any atom is -0.507 e. The molecular weight excluding hydrogens is 460 g/mol. The van der Waals surface area contributed by atoms with E-state index in [9.17, 15) is 14.7 Å². The van der Waals surface area contributed by atoms with Crippen LogP contribution >= 0.6 is 0 Å². The van der Waals surface area contributed by atoms with E-state index in [1.54, 1.807) is 42.3 Å². The number of aliphatic hydroxyl groups is 1. The van der Waals surface area contributed by atoms with E-state index in [1.807, 2.05) is 32.0 Å². The lowest BCUT2D eigenvalue weighted by Gasteiger charge is -2.29. The first-order valence-electron chi connectivity index (χ1n) is 12.4. The van der Waals surface area contributed by atoms with E-state index in [-0.39, 0.29) is 17.4 Å². The van der Waals surface area contributed by atoms with Gasteiger partial charge in [-0.15, -0.1) is 0 Å². The number of hydrogen-bond donors (Lipinski definition) is 1. The Morgan fingerprint density at radius 1 is 1.06 bits per heavy atom. The van der Waals surface area contributed by atoms with Crippen molar-refractivity contribution < 1.29 is 28.9 Å². The number of benzene rings is 2. The van der Waals surface area contributed by atoms with Gasteiger partial charge in [-0.25, -0.2) is 0 Å². The molecule has 0 spiro atoms. The quantitative estimate of drug-likeness (QED) is 0.324. The van der Waals surface area contributed by atoms with E-state index in [0.29, 0.717) is 48.8 Å². The number of carbonyl (C=O) groups excluding carboxylic acids is 2. The molecule has 8 heteroatoms. The zero-order valence-electron chi connectivity index (χ0n) is 21.1. The third kappa shape index (κ3) is 5.55. The summed E-state index contributed by atoms with van der Waals surface area (Å²) in [5.41, 5.74) is 1.16. The van der Waals surface area contributed by atoms with Gasteiger partial charge < -0.3 is 24.2 Å². The topological polar surface area (TPSA) is 88.5 Å². The summed E-state index contributed by atoms with van der Waals surface area (Å²) < 4.78 is 16.7. The highest BCUT2D eigenvalue weighted by Crippen LogP contribution is 2.42. The minimum atomic E-state index is -0.752. The Balaban J connectivity index is 1.68. The van der Waals surface area contributed by atoms with E-state index in [1.165, 1.54) is 0 Å². The van der Waals surface area contributed by atoms with Gasteiger partial charge in [-0.2, -0.15) is 0 Å². The van der Waals surface area contributed by atoms with Gasteiger partial charge in [0.25, 0.3) is 11.7 Å². The maximum absolute atomic E-state index is 13.3. The van der Waals surface area contributed by atoms with E-state index in [4.69, 9.17) is 14.2 Å². The maximum atomic E-state index is 13.3. The number of para-hydroxylation sites is 1. The van der Waals surface area contributed by atoms with Gasteiger partial charge in [0.2, 0.25) is 0 Å². The van der Waals surface area contributed by atoms with Crippen molar-refractivity contribution in [3.05, 3.63) is 65.2 Å². The monoisotopic (exact) mass is 494 g/mol. The summed E-state index contributed by atoms with van der Waals surface area (Å²) >= 11 is 0. The number of aliphatic hydroxyl groups excluding tert-OH is 1. The molecule has 1 atom stereocenters. The fourth-order valence-electron chi connectivity index (χ4n) is 4.73. The van der Waals surface area contributed by atoms with Crippen molar-refractivity contribution in [3.63, 3.8) is 0 Å². The summed E-state index contributed by atoms with van der Waals surface area (Å²) in [5, 5.41) is 11.3. The number of rotatable bonds is 9. The lowest BCUT2D eigenvalue weighted by atomic mass is 9.94. The predicted molar refractivity (Wildman–Crippen MR) is 136 cm³/mol. The molecule has 4 rings (SSSR count). The van der Waals surface area contributed by atoms with Gasteiger partial charge in [0.05, 0.1) is 38.0 Å². The maximum Gasteiger partial charge on any atom is 0.295 e. The van der Waals surface area contributed by atoms with Crippen molar-refractivity contribution in [3.8, 4) is 11.5 Å². The molecule has 192 valence electrons. The summed E-state index contributed by atoms with van der Waals surface area (Å²) in [5.74, 6) is -0.317. The second-order valence-electron chi connectivity index (χ2n) is 9.23. The average molecular weight is 495 g/mol. The molecule has 36 heavy (non-hydrogen) atoms. The van der Waals surface area contributed by atoms with Crippen LogP contribution in [0.15, 0.2) is 54.1 Å². The normalized spacial score (nSPS) is 20.2. The molecule has 0 aliphatic carbocycles. The Morgan fingerprint density at radius 3 is 2.42 bits per heavy atom. The number of amides is 1. The summed E-state index contributed by atoms with van der Waals surface area (Å²) in [7, 11) is 1.55. The van der Waals surface area contributed by atoms with E-state index < -0.39 is 17.7 Å². The average Bonchev–Trinajstić information content (AvgIpc) is 3.14. The highest BCUT2D eigenvalue weighted by molar-refractivity contribution is 6.46. The van der Waals surface area contributed by atoms with E-state index in [0.717, 1.165) is 19.6 Å². The molecule has 2 saturated heterocycles. The molecular formula is C28H34N2O6. The van der Waals surface area contributed by atoms with Crippen molar-refractivity contribution in [2.75, 3.05) is 46.5 Å². The second kappa shape index (κ2) is 11.6. The molecule has 2 aromatic carbocycles. The number of ether oxygens (including phenoxy) is 3. The summed E-state index contributed by atoms with van der Waals surface area (Å²) in [6, 6.07) is 13.4. The van der Waals surface area contributed by atoms with Crippen LogP contribution in [0, 0.1) is 0 Å². The number of nitrogens with zero attached hydrogens (tertiary/aromatic N) is 2. The van der Waals surface area contributed by atoms with Crippen molar-refractivity contribution in [1.29, 1.82) is 0 Å². The van der Waals surface area contributed by atoms with Gasteiger partial charge in [-0.3, -0.25) is 14.5 Å². The lowest BCUT2D eigenvalue weighted by molar-refractivity contribution is -0.140. The number of hydrogen-bond acceptors (Lipinski definition) is 7. The Labute approximate surface area is 212 Å². The second-order valence-corrected chi connectivity index (χ2v) is 9.23. The van der Waals surface area contributed by atoms with Gasteiger partial charge in [-0.1, -0.05) is 18.2 Å². The predicted octanol–water partition coefficient (Wildman–Crippen LogP) is 3.63. The first kappa shape index (κ1) is 25.7. The molecule has 1 amide bonds. The van der Waals surface area contributed by atoms with Gasteiger partial charge in [0.1, 0.15) is 17.3 Å². The summed E-state index contributed by atoms with van der Waals surface area (Å²) in [6.45, 7) is 8.14. The Kier molecular flexibility index (Phi) is 8.28. The van der Waals surface area contributed by atoms with Crippen LogP contribution in [-0.4, -0.2) is 79.2 Å². The lowest BCUT2D eigenvalue weighted by Crippen LogP contribution is -2.39. The molecule has 0 unspecified atom stereocenters. The molecule has 1 N–H and O–H groups in total. The van der Waals surface area contributed by atoms with Crippen LogP contribution in [0.3, 0.4) is 0 Å². The summed E-state index contributed by atoms with van der Waals surface area (Å²) in [4.78, 5) is 30.4. The van der Waals surface area contributed by atoms with E-state index in [2.05, 4.69) is 4.90 Å². The van der Waals surface area contributed by atoms with Crippen LogP contribution in [-0.2, 0) is 14.3 Å². The third-order valence-electron chi connectivity index (χ3n) is 6.45. The number of carbonyl (C=O) groups is 2. The molecule has 0 aromatic heterocycles. The van der Waals surface area contributed by atoms with Crippen LogP contribution in [0.25, 0.3) is 5.76 Å². The summed E-state index contributed by atoms with van der Waals surface area (Å²) in [6.07, 6.45) is 0.706. The fourth-order valence-corrected chi connectivity index (χ4v) is 4.73. The molecule has 0 bridgehead atoms. The van der Waals surface area contributed by atoms with Crippen LogP contribution in [0.4, 0.5) is 0 Å². The SMILES string of the molecule is COc1ccccc1[C@@H]1/C(=C(\O)c2ccc(OC(C)C)cc2)C(=O)C(=O)N1CCCN1CCOCC1. The van der Waals surface area contributed by atoms with E-state index >= 15 is 0 Å². The standard InChI is InChI=1S/C28H34N2O6/c1-19(2)36-21-11-9-20(10-12-21)26(31)24-25(22-7-4-5-8-23(22)34-3)30(28(33)27(24)32)14-6-13-29-15-17-35-18-16-29/h4-5,7-12,19,25,31H,6,13-18H2,1-3H3/b26-24+/t25-/m1/s1. The van der Waals surface area contributed by atoms with Crippen molar-refractivity contribution in [1.82, 2.24) is 9.80 Å². The van der Waals surface area contributed by atoms with Crippen LogP contribution in [0.1, 0.15) is 37.4 Å². The Morgan fingerprint density at radius 2 is 1.75 bits per heavy atom. The molecule has 2 heterocycles. The number of ketones is 1. The first-order valence-corrected chi connectivity index (χ1v) is 12.4. The zero-order valence-corrected chi connectivity index (χ0v) is 21.1.